The van der Waals surface area contributed by atoms with Gasteiger partial charge in [0.25, 0.3) is 0 Å². The maximum absolute atomic E-state index is 5.50. The van der Waals surface area contributed by atoms with Crippen LogP contribution in [0.2, 0.25) is 0 Å². The Hall–Kier alpha value is -8.08. The number of hydrogen-bond acceptors (Lipinski definition) is 4. The van der Waals surface area contributed by atoms with Gasteiger partial charge in [-0.15, -0.1) is 0 Å². The third-order valence-corrected chi connectivity index (χ3v) is 11.3. The van der Waals surface area contributed by atoms with Crippen LogP contribution in [0.3, 0.4) is 0 Å². The Morgan fingerprint density at radius 1 is 0.233 bits per heavy atom. The van der Waals surface area contributed by atoms with E-state index in [4.69, 9.17) is 20.0 Å². The van der Waals surface area contributed by atoms with Crippen molar-refractivity contribution in [1.82, 2.24) is 9.97 Å². The number of hydrogen-bond donors (Lipinski definition) is 0. The molecule has 0 N–H and O–H groups in total. The number of aromatic nitrogens is 2. The van der Waals surface area contributed by atoms with Gasteiger partial charge in [0, 0.05) is 21.9 Å². The number of nitrogens with zero attached hydrogens (tertiary/aromatic N) is 4. The second kappa shape index (κ2) is 15.0. The Morgan fingerprint density at radius 3 is 0.833 bits per heavy atom. The molecule has 0 amide bonds. The van der Waals surface area contributed by atoms with Gasteiger partial charge in [-0.2, -0.15) is 0 Å². The molecule has 0 saturated heterocycles. The number of pyridine rings is 2. The average Bonchev–Trinajstić information content (AvgIpc) is 3.32. The van der Waals surface area contributed by atoms with Gasteiger partial charge in [-0.1, -0.05) is 194 Å². The van der Waals surface area contributed by atoms with E-state index in [0.717, 1.165) is 89.4 Å². The van der Waals surface area contributed by atoms with E-state index in [1.165, 1.54) is 22.3 Å². The van der Waals surface area contributed by atoms with Crippen LogP contribution in [-0.4, -0.2) is 21.4 Å². The van der Waals surface area contributed by atoms with Gasteiger partial charge in [0.2, 0.25) is 0 Å². The van der Waals surface area contributed by atoms with Crippen molar-refractivity contribution in [1.29, 1.82) is 0 Å². The molecule has 0 bridgehead atoms. The van der Waals surface area contributed by atoms with Gasteiger partial charge < -0.3 is 0 Å². The lowest BCUT2D eigenvalue weighted by Gasteiger charge is -2.18. The lowest BCUT2D eigenvalue weighted by molar-refractivity contribution is 1.27. The molecule has 60 heavy (non-hydrogen) atoms. The summed E-state index contributed by atoms with van der Waals surface area (Å²) >= 11 is 0. The minimum Gasteiger partial charge on any atom is -0.244 e. The maximum Gasteiger partial charge on any atom is 0.116 e. The molecule has 280 valence electrons. The Labute approximate surface area is 348 Å². The first kappa shape index (κ1) is 35.1. The highest BCUT2D eigenvalue weighted by Crippen LogP contribution is 2.36. The summed E-state index contributed by atoms with van der Waals surface area (Å²) in [6, 6.07) is 76.3. The van der Waals surface area contributed by atoms with Gasteiger partial charge >= 0.3 is 0 Å². The van der Waals surface area contributed by atoms with Crippen LogP contribution in [0, 0.1) is 0 Å². The standard InChI is InChI=1S/C56H36N4/c1-3-11-37(12-4-1)39-19-23-41(24-20-39)43-27-31-45(32-28-43)53-55-51(35-47-15-7-9-17-49(47)57-55)60-54(56-52(59-53)36-48-16-8-10-18-50(48)58-56)46-33-29-44(30-34-46)42-25-21-40(22-26-42)38-13-5-2-6-14-38/h1-36H/b55-53?,56-54?,59-52?,59-53-,60-51?,60-54-. The number of rotatable bonds is 6. The summed E-state index contributed by atoms with van der Waals surface area (Å²) in [6.45, 7) is 0. The third-order valence-electron chi connectivity index (χ3n) is 11.3. The summed E-state index contributed by atoms with van der Waals surface area (Å²) < 4.78 is 0. The van der Waals surface area contributed by atoms with E-state index >= 15 is 0 Å². The van der Waals surface area contributed by atoms with Crippen LogP contribution in [0.25, 0.3) is 66.3 Å². The van der Waals surface area contributed by atoms with E-state index < -0.39 is 0 Å². The quantitative estimate of drug-likeness (QED) is 0.169. The van der Waals surface area contributed by atoms with Crippen LogP contribution in [-0.2, 0) is 0 Å². The zero-order valence-corrected chi connectivity index (χ0v) is 32.6. The van der Waals surface area contributed by atoms with E-state index in [9.17, 15) is 0 Å². The second-order valence-corrected chi connectivity index (χ2v) is 15.1. The van der Waals surface area contributed by atoms with Gasteiger partial charge in [-0.3, -0.25) is 0 Å². The molecule has 11 rings (SSSR count). The predicted molar refractivity (Wildman–Crippen MR) is 249 cm³/mol. The molecule has 2 aromatic heterocycles. The van der Waals surface area contributed by atoms with Crippen molar-refractivity contribution in [3.05, 3.63) is 241 Å². The fourth-order valence-electron chi connectivity index (χ4n) is 8.09. The Balaban J connectivity index is 1.02. The molecule has 0 unspecified atom stereocenters. The van der Waals surface area contributed by atoms with Crippen LogP contribution in [0.1, 0.15) is 22.5 Å². The molecule has 0 saturated carbocycles. The molecule has 0 fully saturated rings. The monoisotopic (exact) mass is 764 g/mol. The minimum absolute atomic E-state index is 0.722. The fourth-order valence-corrected chi connectivity index (χ4v) is 8.09. The van der Waals surface area contributed by atoms with Crippen LogP contribution in [0.4, 0.5) is 11.4 Å². The molecule has 8 aromatic carbocycles. The largest absolute Gasteiger partial charge is 0.244 e. The molecular weight excluding hydrogens is 729 g/mol. The van der Waals surface area contributed by atoms with E-state index in [1.54, 1.807) is 0 Å². The second-order valence-electron chi connectivity index (χ2n) is 15.1. The number of fused-ring (bicyclic) bond motifs is 4. The molecule has 0 spiro atoms. The highest BCUT2D eigenvalue weighted by atomic mass is 14.9. The number of benzene rings is 8. The molecule has 1 aliphatic heterocycles. The van der Waals surface area contributed by atoms with Crippen LogP contribution < -0.4 is 0 Å². The van der Waals surface area contributed by atoms with Crippen LogP contribution in [0.15, 0.2) is 228 Å². The highest BCUT2D eigenvalue weighted by molar-refractivity contribution is 6.22. The first-order chi connectivity index (χ1) is 29.7. The normalized spacial score (nSPS) is 13.9. The van der Waals surface area contributed by atoms with Crippen molar-refractivity contribution in [2.45, 2.75) is 0 Å². The molecular formula is C56H36N4. The van der Waals surface area contributed by atoms with Crippen molar-refractivity contribution < 1.29 is 0 Å². The zero-order valence-electron chi connectivity index (χ0n) is 32.6. The summed E-state index contributed by atoms with van der Waals surface area (Å²) in [6.07, 6.45) is 0. The predicted octanol–water partition coefficient (Wildman–Crippen LogP) is 14.1. The smallest absolute Gasteiger partial charge is 0.116 e. The SMILES string of the molecule is c1ccc(-c2ccc(-c3ccc(/C4=N/c5cc6ccccc6nc5/C(c5ccc(-c6ccc(-c7ccccc7)cc6)cc5)=N\c5cc6ccccc6nc54)cc3)cc2)cc1. The Kier molecular flexibility index (Phi) is 8.79. The van der Waals surface area contributed by atoms with E-state index in [0.29, 0.717) is 0 Å². The van der Waals surface area contributed by atoms with E-state index in [-0.39, 0.29) is 0 Å². The van der Waals surface area contributed by atoms with Gasteiger partial charge in [0.05, 0.1) is 33.8 Å². The molecule has 4 heteroatoms. The summed E-state index contributed by atoms with van der Waals surface area (Å²) in [7, 11) is 0. The molecule has 0 radical (unpaired) electrons. The number of aliphatic imine (C=N–C) groups is 2. The highest BCUT2D eigenvalue weighted by Gasteiger charge is 2.24. The molecule has 0 atom stereocenters. The molecule has 4 nitrogen and oxygen atoms in total. The van der Waals surface area contributed by atoms with Crippen molar-refractivity contribution in [2.75, 3.05) is 0 Å². The first-order valence-corrected chi connectivity index (χ1v) is 20.2. The van der Waals surface area contributed by atoms with Gasteiger partial charge in [0.15, 0.2) is 0 Å². The topological polar surface area (TPSA) is 50.5 Å². The fraction of sp³-hybridized carbons (Fsp3) is 0. The van der Waals surface area contributed by atoms with E-state index in [2.05, 4.69) is 170 Å². The van der Waals surface area contributed by atoms with Gasteiger partial charge in [0.1, 0.15) is 11.4 Å². The molecule has 10 aromatic rings. The maximum atomic E-state index is 5.50. The van der Waals surface area contributed by atoms with Crippen molar-refractivity contribution in [3.8, 4) is 44.5 Å². The summed E-state index contributed by atoms with van der Waals surface area (Å²) in [4.78, 5) is 21.6. The van der Waals surface area contributed by atoms with Crippen molar-refractivity contribution >= 4 is 44.6 Å². The summed E-state index contributed by atoms with van der Waals surface area (Å²) in [5.41, 5.74) is 17.4. The summed E-state index contributed by atoms with van der Waals surface area (Å²) in [5, 5.41) is 2.02. The average molecular weight is 765 g/mol. The van der Waals surface area contributed by atoms with Crippen molar-refractivity contribution in [2.24, 2.45) is 9.98 Å². The molecule has 3 heterocycles. The first-order valence-electron chi connectivity index (χ1n) is 20.2. The lowest BCUT2D eigenvalue weighted by Crippen LogP contribution is -2.13. The van der Waals surface area contributed by atoms with Gasteiger partial charge in [-0.25, -0.2) is 20.0 Å². The Bertz CT molecular complexity index is 3020. The van der Waals surface area contributed by atoms with Crippen molar-refractivity contribution in [3.63, 3.8) is 0 Å². The summed E-state index contributed by atoms with van der Waals surface area (Å²) in [5.74, 6) is 0. The molecule has 1 aliphatic rings. The molecule has 0 aliphatic carbocycles. The van der Waals surface area contributed by atoms with Gasteiger partial charge in [-0.05, 0) is 68.8 Å². The number of para-hydroxylation sites is 2. The lowest BCUT2D eigenvalue weighted by atomic mass is 9.96. The third kappa shape index (κ3) is 6.66. The van der Waals surface area contributed by atoms with Crippen LogP contribution >= 0.6 is 0 Å². The van der Waals surface area contributed by atoms with Crippen LogP contribution in [0.5, 0.6) is 0 Å². The zero-order chi connectivity index (χ0) is 39.8. The Morgan fingerprint density at radius 2 is 0.500 bits per heavy atom. The van der Waals surface area contributed by atoms with E-state index in [1.807, 2.05) is 48.5 Å². The minimum atomic E-state index is 0.722.